The quantitative estimate of drug-likeness (QED) is 0.830. The number of nitrogens with zero attached hydrogens (tertiary/aromatic N) is 1. The summed E-state index contributed by atoms with van der Waals surface area (Å²) in [5.74, 6) is 0.338. The molecular formula is C13H19NO2. The van der Waals surface area contributed by atoms with Crippen LogP contribution in [-0.4, -0.2) is 35.8 Å². The van der Waals surface area contributed by atoms with Crippen LogP contribution in [0.4, 0.5) is 0 Å². The van der Waals surface area contributed by atoms with Crippen molar-refractivity contribution >= 4 is 0 Å². The topological polar surface area (TPSA) is 32.7 Å². The molecule has 0 bridgehead atoms. The molecule has 2 atom stereocenters. The molecule has 1 fully saturated rings. The molecule has 2 unspecified atom stereocenters. The number of aromatic hydroxyl groups is 1. The van der Waals surface area contributed by atoms with Crippen molar-refractivity contribution in [2.24, 2.45) is 0 Å². The first-order valence-electron chi connectivity index (χ1n) is 5.81. The minimum Gasteiger partial charge on any atom is -0.508 e. The Morgan fingerprint density at radius 2 is 2.31 bits per heavy atom. The standard InChI is InChI=1S/C13H19NO2/c1-10-9-16-7-6-14(10)11(2)12-4-3-5-13(15)8-12/h3-5,8,10-11,15H,6-7,9H2,1-2H3. The SMILES string of the molecule is CC1COCCN1C(C)c1cccc(O)c1. The monoisotopic (exact) mass is 221 g/mol. The molecule has 1 aliphatic rings. The molecule has 1 saturated heterocycles. The Bertz CT molecular complexity index is 354. The number of phenolic OH excluding ortho intramolecular Hbond substituents is 1. The fourth-order valence-electron chi connectivity index (χ4n) is 2.29. The van der Waals surface area contributed by atoms with Crippen molar-refractivity contribution in [3.8, 4) is 5.75 Å². The second-order valence-corrected chi connectivity index (χ2v) is 4.43. The predicted octanol–water partition coefficient (Wildman–Crippen LogP) is 2.17. The highest BCUT2D eigenvalue weighted by Crippen LogP contribution is 2.26. The maximum atomic E-state index is 9.48. The lowest BCUT2D eigenvalue weighted by atomic mass is 10.0. The van der Waals surface area contributed by atoms with Gasteiger partial charge >= 0.3 is 0 Å². The Balaban J connectivity index is 2.14. The van der Waals surface area contributed by atoms with Gasteiger partial charge in [-0.2, -0.15) is 0 Å². The zero-order valence-corrected chi connectivity index (χ0v) is 9.89. The second kappa shape index (κ2) is 4.85. The zero-order chi connectivity index (χ0) is 11.5. The molecule has 0 amide bonds. The molecule has 0 aromatic heterocycles. The summed E-state index contributed by atoms with van der Waals surface area (Å²) in [4.78, 5) is 2.41. The molecule has 88 valence electrons. The van der Waals surface area contributed by atoms with Crippen molar-refractivity contribution in [3.05, 3.63) is 29.8 Å². The van der Waals surface area contributed by atoms with Gasteiger partial charge < -0.3 is 9.84 Å². The van der Waals surface area contributed by atoms with Gasteiger partial charge in [0.1, 0.15) is 5.75 Å². The fraction of sp³-hybridized carbons (Fsp3) is 0.538. The minimum atomic E-state index is 0.325. The largest absolute Gasteiger partial charge is 0.508 e. The van der Waals surface area contributed by atoms with E-state index in [2.05, 4.69) is 24.8 Å². The van der Waals surface area contributed by atoms with Crippen LogP contribution in [0.5, 0.6) is 5.75 Å². The van der Waals surface area contributed by atoms with Gasteiger partial charge in [0.05, 0.1) is 13.2 Å². The van der Waals surface area contributed by atoms with E-state index in [-0.39, 0.29) is 0 Å². The second-order valence-electron chi connectivity index (χ2n) is 4.43. The first kappa shape index (κ1) is 11.4. The van der Waals surface area contributed by atoms with Gasteiger partial charge in [-0.15, -0.1) is 0 Å². The van der Waals surface area contributed by atoms with Gasteiger partial charge in [-0.25, -0.2) is 0 Å². The summed E-state index contributed by atoms with van der Waals surface area (Å²) < 4.78 is 5.43. The molecule has 0 aliphatic carbocycles. The smallest absolute Gasteiger partial charge is 0.115 e. The van der Waals surface area contributed by atoms with Crippen LogP contribution in [0.15, 0.2) is 24.3 Å². The summed E-state index contributed by atoms with van der Waals surface area (Å²) in [6.07, 6.45) is 0. The van der Waals surface area contributed by atoms with Crippen molar-refractivity contribution in [2.75, 3.05) is 19.8 Å². The molecular weight excluding hydrogens is 202 g/mol. The number of rotatable bonds is 2. The maximum Gasteiger partial charge on any atom is 0.115 e. The van der Waals surface area contributed by atoms with Crippen LogP contribution in [0, 0.1) is 0 Å². The van der Waals surface area contributed by atoms with E-state index in [9.17, 15) is 5.11 Å². The first-order chi connectivity index (χ1) is 7.68. The molecule has 1 aromatic rings. The predicted molar refractivity (Wildman–Crippen MR) is 63.5 cm³/mol. The summed E-state index contributed by atoms with van der Waals surface area (Å²) in [6.45, 7) is 6.91. The Kier molecular flexibility index (Phi) is 3.46. The van der Waals surface area contributed by atoms with Crippen LogP contribution in [0.25, 0.3) is 0 Å². The number of hydrogen-bond donors (Lipinski definition) is 1. The fourth-order valence-corrected chi connectivity index (χ4v) is 2.29. The summed E-state index contributed by atoms with van der Waals surface area (Å²) >= 11 is 0. The van der Waals surface area contributed by atoms with Gasteiger partial charge in [0.15, 0.2) is 0 Å². The van der Waals surface area contributed by atoms with E-state index in [0.29, 0.717) is 17.8 Å². The van der Waals surface area contributed by atoms with Crippen molar-refractivity contribution < 1.29 is 9.84 Å². The van der Waals surface area contributed by atoms with Crippen LogP contribution >= 0.6 is 0 Å². The number of hydrogen-bond acceptors (Lipinski definition) is 3. The molecule has 3 heteroatoms. The average Bonchev–Trinajstić information content (AvgIpc) is 2.29. The van der Waals surface area contributed by atoms with E-state index in [1.807, 2.05) is 12.1 Å². The molecule has 1 aromatic carbocycles. The van der Waals surface area contributed by atoms with E-state index in [0.717, 1.165) is 25.3 Å². The summed E-state index contributed by atoms with van der Waals surface area (Å²) in [7, 11) is 0. The average molecular weight is 221 g/mol. The molecule has 3 nitrogen and oxygen atoms in total. The van der Waals surface area contributed by atoms with E-state index in [4.69, 9.17) is 4.74 Å². The Morgan fingerprint density at radius 1 is 1.50 bits per heavy atom. The van der Waals surface area contributed by atoms with Crippen LogP contribution in [0.2, 0.25) is 0 Å². The normalized spacial score (nSPS) is 24.2. The van der Waals surface area contributed by atoms with E-state index < -0.39 is 0 Å². The van der Waals surface area contributed by atoms with Gasteiger partial charge in [-0.05, 0) is 31.5 Å². The number of benzene rings is 1. The molecule has 2 rings (SSSR count). The minimum absolute atomic E-state index is 0.325. The summed E-state index contributed by atoms with van der Waals surface area (Å²) in [5, 5.41) is 9.48. The maximum absolute atomic E-state index is 9.48. The molecule has 1 aliphatic heterocycles. The number of phenols is 1. The highest BCUT2D eigenvalue weighted by atomic mass is 16.5. The third-order valence-corrected chi connectivity index (χ3v) is 3.27. The first-order valence-corrected chi connectivity index (χ1v) is 5.81. The molecule has 1 heterocycles. The highest BCUT2D eigenvalue weighted by Gasteiger charge is 2.24. The lowest BCUT2D eigenvalue weighted by Gasteiger charge is -2.38. The Labute approximate surface area is 96.6 Å². The Hall–Kier alpha value is -1.06. The zero-order valence-electron chi connectivity index (χ0n) is 9.89. The van der Waals surface area contributed by atoms with Crippen LogP contribution in [0.3, 0.4) is 0 Å². The van der Waals surface area contributed by atoms with Crippen molar-refractivity contribution in [2.45, 2.75) is 25.9 Å². The van der Waals surface area contributed by atoms with Crippen LogP contribution in [0.1, 0.15) is 25.5 Å². The van der Waals surface area contributed by atoms with E-state index in [1.165, 1.54) is 0 Å². The van der Waals surface area contributed by atoms with E-state index >= 15 is 0 Å². The van der Waals surface area contributed by atoms with Gasteiger partial charge in [0.2, 0.25) is 0 Å². The molecule has 0 saturated carbocycles. The van der Waals surface area contributed by atoms with Gasteiger partial charge in [-0.1, -0.05) is 12.1 Å². The highest BCUT2D eigenvalue weighted by molar-refractivity contribution is 5.29. The van der Waals surface area contributed by atoms with Gasteiger partial charge in [0.25, 0.3) is 0 Å². The third-order valence-electron chi connectivity index (χ3n) is 3.27. The Morgan fingerprint density at radius 3 is 3.00 bits per heavy atom. The lowest BCUT2D eigenvalue weighted by Crippen LogP contribution is -2.44. The lowest BCUT2D eigenvalue weighted by molar-refractivity contribution is -0.0190. The summed E-state index contributed by atoms with van der Waals surface area (Å²) in [5.41, 5.74) is 1.16. The summed E-state index contributed by atoms with van der Waals surface area (Å²) in [6, 6.07) is 8.27. The van der Waals surface area contributed by atoms with Crippen molar-refractivity contribution in [1.29, 1.82) is 0 Å². The van der Waals surface area contributed by atoms with Crippen LogP contribution in [-0.2, 0) is 4.74 Å². The van der Waals surface area contributed by atoms with E-state index in [1.54, 1.807) is 6.07 Å². The van der Waals surface area contributed by atoms with Crippen LogP contribution < -0.4 is 0 Å². The molecule has 0 spiro atoms. The third kappa shape index (κ3) is 2.36. The van der Waals surface area contributed by atoms with Gasteiger partial charge in [-0.3, -0.25) is 4.90 Å². The number of morpholine rings is 1. The molecule has 1 N–H and O–H groups in total. The van der Waals surface area contributed by atoms with Crippen molar-refractivity contribution in [3.63, 3.8) is 0 Å². The number of ether oxygens (including phenoxy) is 1. The van der Waals surface area contributed by atoms with Gasteiger partial charge in [0, 0.05) is 18.6 Å². The molecule has 0 radical (unpaired) electrons. The molecule has 16 heavy (non-hydrogen) atoms. The van der Waals surface area contributed by atoms with Crippen molar-refractivity contribution in [1.82, 2.24) is 4.90 Å².